The molecule has 0 saturated carbocycles. The van der Waals surface area contributed by atoms with Crippen molar-refractivity contribution >= 4 is 40.9 Å². The highest BCUT2D eigenvalue weighted by atomic mass is 32.1. The largest absolute Gasteiger partial charge is 0.494 e. The molecule has 1 heterocycles. The molecule has 4 rings (SSSR count). The Bertz CT molecular complexity index is 1340. The average molecular weight is 507 g/mol. The fourth-order valence-corrected chi connectivity index (χ4v) is 3.85. The lowest BCUT2D eigenvalue weighted by Crippen LogP contribution is -2.54. The van der Waals surface area contributed by atoms with Gasteiger partial charge in [-0.15, -0.1) is 0 Å². The van der Waals surface area contributed by atoms with Crippen LogP contribution in [0, 0.1) is 5.82 Å². The number of ether oxygens (including phenoxy) is 3. The van der Waals surface area contributed by atoms with Gasteiger partial charge >= 0.3 is 0 Å². The highest BCUT2D eigenvalue weighted by Gasteiger charge is 2.34. The molecule has 0 bridgehead atoms. The molecule has 0 aliphatic carbocycles. The van der Waals surface area contributed by atoms with E-state index in [-0.39, 0.29) is 23.1 Å². The van der Waals surface area contributed by atoms with Crippen molar-refractivity contribution in [2.24, 2.45) is 0 Å². The Morgan fingerprint density at radius 3 is 2.50 bits per heavy atom. The van der Waals surface area contributed by atoms with E-state index in [4.69, 9.17) is 26.4 Å². The van der Waals surface area contributed by atoms with Crippen molar-refractivity contribution in [2.45, 2.75) is 13.5 Å². The van der Waals surface area contributed by atoms with Crippen LogP contribution in [-0.4, -0.2) is 30.6 Å². The molecule has 3 aromatic carbocycles. The number of carbonyl (C=O) groups is 2. The lowest BCUT2D eigenvalue weighted by molar-refractivity contribution is -0.122. The fraction of sp³-hybridized carbons (Fsp3) is 0.148. The SMILES string of the molecule is CCOc1cccc(N2C(=O)/C(=C/c3ccc(OCc4ccc(F)cc4)c(OC)c3)C(=O)NC2=S)c1. The van der Waals surface area contributed by atoms with Gasteiger partial charge in [0.1, 0.15) is 23.7 Å². The maximum absolute atomic E-state index is 13.3. The summed E-state index contributed by atoms with van der Waals surface area (Å²) in [6.45, 7) is 2.54. The van der Waals surface area contributed by atoms with Crippen molar-refractivity contribution in [3.8, 4) is 17.2 Å². The van der Waals surface area contributed by atoms with E-state index in [0.717, 1.165) is 5.56 Å². The van der Waals surface area contributed by atoms with Gasteiger partial charge in [-0.1, -0.05) is 24.3 Å². The summed E-state index contributed by atoms with van der Waals surface area (Å²) in [5.41, 5.74) is 1.73. The molecule has 7 nitrogen and oxygen atoms in total. The number of halogens is 1. The summed E-state index contributed by atoms with van der Waals surface area (Å²) in [5, 5.41) is 2.55. The number of benzene rings is 3. The molecule has 1 saturated heterocycles. The number of hydrogen-bond donors (Lipinski definition) is 1. The van der Waals surface area contributed by atoms with E-state index in [2.05, 4.69) is 5.32 Å². The monoisotopic (exact) mass is 506 g/mol. The van der Waals surface area contributed by atoms with E-state index in [9.17, 15) is 14.0 Å². The third-order valence-electron chi connectivity index (χ3n) is 5.29. The maximum Gasteiger partial charge on any atom is 0.270 e. The zero-order chi connectivity index (χ0) is 25.7. The van der Waals surface area contributed by atoms with Crippen LogP contribution in [-0.2, 0) is 16.2 Å². The molecule has 2 amide bonds. The summed E-state index contributed by atoms with van der Waals surface area (Å²) >= 11 is 5.27. The van der Waals surface area contributed by atoms with Gasteiger partial charge in [-0.2, -0.15) is 0 Å². The number of rotatable bonds is 8. The maximum atomic E-state index is 13.3. The number of nitrogens with zero attached hydrogens (tertiary/aromatic N) is 1. The zero-order valence-corrected chi connectivity index (χ0v) is 20.4. The molecule has 0 radical (unpaired) electrons. The van der Waals surface area contributed by atoms with Crippen molar-refractivity contribution in [3.05, 3.63) is 89.2 Å². The Kier molecular flexibility index (Phi) is 7.60. The molecule has 3 aromatic rings. The first kappa shape index (κ1) is 24.9. The number of nitrogens with one attached hydrogen (secondary N) is 1. The number of hydrogen-bond acceptors (Lipinski definition) is 6. The quantitative estimate of drug-likeness (QED) is 0.273. The Labute approximate surface area is 213 Å². The third kappa shape index (κ3) is 5.52. The minimum atomic E-state index is -0.599. The van der Waals surface area contributed by atoms with Gasteiger partial charge in [0.15, 0.2) is 16.6 Å². The van der Waals surface area contributed by atoms with E-state index in [1.807, 2.05) is 6.92 Å². The van der Waals surface area contributed by atoms with Crippen molar-refractivity contribution in [1.29, 1.82) is 0 Å². The summed E-state index contributed by atoms with van der Waals surface area (Å²) < 4.78 is 29.9. The molecular weight excluding hydrogens is 483 g/mol. The van der Waals surface area contributed by atoms with Crippen molar-refractivity contribution in [1.82, 2.24) is 5.32 Å². The summed E-state index contributed by atoms with van der Waals surface area (Å²) in [4.78, 5) is 27.2. The molecule has 0 unspecified atom stereocenters. The Morgan fingerprint density at radius 2 is 1.78 bits per heavy atom. The van der Waals surface area contributed by atoms with Gasteiger partial charge in [0.05, 0.1) is 19.4 Å². The summed E-state index contributed by atoms with van der Waals surface area (Å²) in [5.74, 6) is -0.0398. The van der Waals surface area contributed by atoms with Crippen LogP contribution in [0.15, 0.2) is 72.3 Å². The van der Waals surface area contributed by atoms with Gasteiger partial charge in [0, 0.05) is 6.07 Å². The van der Waals surface area contributed by atoms with Crippen molar-refractivity contribution in [3.63, 3.8) is 0 Å². The van der Waals surface area contributed by atoms with Crippen LogP contribution in [0.25, 0.3) is 6.08 Å². The van der Waals surface area contributed by atoms with Crippen LogP contribution < -0.4 is 24.4 Å². The predicted octanol–water partition coefficient (Wildman–Crippen LogP) is 4.64. The van der Waals surface area contributed by atoms with Gasteiger partial charge in [0.2, 0.25) is 0 Å². The van der Waals surface area contributed by atoms with Gasteiger partial charge in [0.25, 0.3) is 11.8 Å². The summed E-state index contributed by atoms with van der Waals surface area (Å²) in [6.07, 6.45) is 1.46. The Balaban J connectivity index is 1.58. The van der Waals surface area contributed by atoms with Gasteiger partial charge in [-0.3, -0.25) is 19.8 Å². The molecule has 184 valence electrons. The van der Waals surface area contributed by atoms with E-state index in [0.29, 0.717) is 35.1 Å². The van der Waals surface area contributed by atoms with E-state index >= 15 is 0 Å². The molecule has 0 atom stereocenters. The predicted molar refractivity (Wildman–Crippen MR) is 138 cm³/mol. The molecule has 1 aliphatic rings. The lowest BCUT2D eigenvalue weighted by atomic mass is 10.1. The van der Waals surface area contributed by atoms with Crippen molar-refractivity contribution in [2.75, 3.05) is 18.6 Å². The van der Waals surface area contributed by atoms with Crippen LogP contribution in [0.1, 0.15) is 18.1 Å². The summed E-state index contributed by atoms with van der Waals surface area (Å²) in [6, 6.07) is 17.9. The number of amides is 2. The van der Waals surface area contributed by atoms with Gasteiger partial charge in [-0.25, -0.2) is 4.39 Å². The number of carbonyl (C=O) groups excluding carboxylic acids is 2. The molecule has 1 fully saturated rings. The van der Waals surface area contributed by atoms with Crippen LogP contribution in [0.3, 0.4) is 0 Å². The second-order valence-electron chi connectivity index (χ2n) is 7.71. The highest BCUT2D eigenvalue weighted by Crippen LogP contribution is 2.31. The highest BCUT2D eigenvalue weighted by molar-refractivity contribution is 7.80. The van der Waals surface area contributed by atoms with Crippen molar-refractivity contribution < 1.29 is 28.2 Å². The third-order valence-corrected chi connectivity index (χ3v) is 5.58. The zero-order valence-electron chi connectivity index (χ0n) is 19.6. The van der Waals surface area contributed by atoms with Crippen LogP contribution in [0.4, 0.5) is 10.1 Å². The molecule has 36 heavy (non-hydrogen) atoms. The topological polar surface area (TPSA) is 77.1 Å². The molecule has 0 aromatic heterocycles. The normalized spacial score (nSPS) is 14.6. The summed E-state index contributed by atoms with van der Waals surface area (Å²) in [7, 11) is 1.49. The number of thiocarbonyl (C=S) groups is 1. The van der Waals surface area contributed by atoms with Crippen LogP contribution in [0.2, 0.25) is 0 Å². The van der Waals surface area contributed by atoms with Gasteiger partial charge in [-0.05, 0) is 72.7 Å². The van der Waals surface area contributed by atoms with Crippen LogP contribution >= 0.6 is 12.2 Å². The second-order valence-corrected chi connectivity index (χ2v) is 8.10. The fourth-order valence-electron chi connectivity index (χ4n) is 3.57. The Morgan fingerprint density at radius 1 is 1.00 bits per heavy atom. The molecule has 1 aliphatic heterocycles. The second kappa shape index (κ2) is 11.0. The lowest BCUT2D eigenvalue weighted by Gasteiger charge is -2.29. The minimum Gasteiger partial charge on any atom is -0.494 e. The molecular formula is C27H23FN2O5S. The minimum absolute atomic E-state index is 0.0158. The molecule has 0 spiro atoms. The first-order valence-electron chi connectivity index (χ1n) is 11.1. The smallest absolute Gasteiger partial charge is 0.270 e. The standard InChI is InChI=1S/C27H23FN2O5S/c1-3-34-21-6-4-5-20(15-21)30-26(32)22(25(31)29-27(30)36)13-18-9-12-23(24(14-18)33-2)35-16-17-7-10-19(28)11-8-17/h4-15H,3,16H2,1-2H3,(H,29,31,36)/b22-13+. The number of methoxy groups -OCH3 is 1. The average Bonchev–Trinajstić information content (AvgIpc) is 2.87. The van der Waals surface area contributed by atoms with E-state index in [1.165, 1.54) is 30.2 Å². The van der Waals surface area contributed by atoms with Gasteiger partial charge < -0.3 is 14.2 Å². The van der Waals surface area contributed by atoms with E-state index < -0.39 is 11.8 Å². The first-order valence-corrected chi connectivity index (χ1v) is 11.5. The first-order chi connectivity index (χ1) is 17.4. The molecule has 1 N–H and O–H groups in total. The van der Waals surface area contributed by atoms with Crippen LogP contribution in [0.5, 0.6) is 17.2 Å². The number of anilines is 1. The Hall–Kier alpha value is -4.24. The molecule has 9 heteroatoms. The van der Waals surface area contributed by atoms with E-state index in [1.54, 1.807) is 54.6 Å².